The number of fused-ring (bicyclic) bond motifs is 4. The van der Waals surface area contributed by atoms with Crippen molar-refractivity contribution in [3.8, 4) is 11.5 Å². The number of aromatic hydroxyl groups is 1. The van der Waals surface area contributed by atoms with Crippen molar-refractivity contribution in [1.29, 1.82) is 0 Å². The number of rotatable bonds is 7. The van der Waals surface area contributed by atoms with Crippen LogP contribution in [-0.4, -0.2) is 45.1 Å². The van der Waals surface area contributed by atoms with E-state index in [9.17, 15) is 24.3 Å². The summed E-state index contributed by atoms with van der Waals surface area (Å²) in [5.74, 6) is -3.61. The van der Waals surface area contributed by atoms with Gasteiger partial charge in [-0.05, 0) is 66.3 Å². The van der Waals surface area contributed by atoms with E-state index in [1.807, 2.05) is 48.0 Å². The SMILES string of the molecule is CCOc1cc([C@H]2C3=CC[C@@H]4C(=O)N(Cc5cccs5)C(=O)[C@@H]4[C@@H]3C[C@H]3C(=O)N(Cc4cccs4)C(=O)[C@@H]23)ccc1O. The van der Waals surface area contributed by atoms with Crippen LogP contribution in [0.15, 0.2) is 64.9 Å². The molecule has 1 N–H and O–H groups in total. The molecule has 4 aliphatic rings. The van der Waals surface area contributed by atoms with Crippen LogP contribution in [-0.2, 0) is 32.3 Å². The summed E-state index contributed by atoms with van der Waals surface area (Å²) in [4.78, 5) is 60.1. The Morgan fingerprint density at radius 2 is 1.48 bits per heavy atom. The van der Waals surface area contributed by atoms with Crippen molar-refractivity contribution in [3.05, 3.63) is 80.2 Å². The monoisotopic (exact) mass is 602 g/mol. The normalized spacial score (nSPS) is 28.5. The molecule has 4 amide bonds. The van der Waals surface area contributed by atoms with Gasteiger partial charge in [0.05, 0.1) is 43.4 Å². The predicted octanol–water partition coefficient (Wildman–Crippen LogP) is 4.95. The van der Waals surface area contributed by atoms with E-state index >= 15 is 0 Å². The van der Waals surface area contributed by atoms with E-state index in [1.165, 1.54) is 32.5 Å². The maximum Gasteiger partial charge on any atom is 0.234 e. The van der Waals surface area contributed by atoms with Crippen molar-refractivity contribution in [3.63, 3.8) is 0 Å². The van der Waals surface area contributed by atoms with Gasteiger partial charge in [0.15, 0.2) is 11.5 Å². The predicted molar refractivity (Wildman–Crippen MR) is 157 cm³/mol. The van der Waals surface area contributed by atoms with E-state index in [1.54, 1.807) is 18.2 Å². The van der Waals surface area contributed by atoms with Crippen molar-refractivity contribution in [2.24, 2.45) is 29.6 Å². The van der Waals surface area contributed by atoms with Gasteiger partial charge in [-0.15, -0.1) is 22.7 Å². The molecule has 2 aliphatic heterocycles. The second-order valence-electron chi connectivity index (χ2n) is 11.4. The topological polar surface area (TPSA) is 104 Å². The Labute approximate surface area is 251 Å². The van der Waals surface area contributed by atoms with Crippen LogP contribution in [0.5, 0.6) is 11.5 Å². The number of benzene rings is 1. The highest BCUT2D eigenvalue weighted by Crippen LogP contribution is 2.58. The Morgan fingerprint density at radius 1 is 0.833 bits per heavy atom. The molecule has 3 fully saturated rings. The number of ether oxygens (including phenoxy) is 1. The number of carbonyl (C=O) groups excluding carboxylic acids is 4. The molecule has 0 spiro atoms. The molecule has 42 heavy (non-hydrogen) atoms. The van der Waals surface area contributed by atoms with E-state index in [-0.39, 0.29) is 48.4 Å². The maximum atomic E-state index is 14.1. The fourth-order valence-electron chi connectivity index (χ4n) is 7.52. The summed E-state index contributed by atoms with van der Waals surface area (Å²) in [7, 11) is 0. The fourth-order valence-corrected chi connectivity index (χ4v) is 8.90. The molecule has 7 rings (SSSR count). The van der Waals surface area contributed by atoms with E-state index in [0.29, 0.717) is 25.2 Å². The zero-order valence-electron chi connectivity index (χ0n) is 23.0. The first-order chi connectivity index (χ1) is 20.4. The number of carbonyl (C=O) groups is 4. The van der Waals surface area contributed by atoms with Gasteiger partial charge in [0, 0.05) is 15.7 Å². The quantitative estimate of drug-likeness (QED) is 0.303. The van der Waals surface area contributed by atoms with Crippen LogP contribution in [0.25, 0.3) is 0 Å². The van der Waals surface area contributed by atoms with E-state index in [4.69, 9.17) is 4.74 Å². The maximum absolute atomic E-state index is 14.1. The fraction of sp³-hybridized carbons (Fsp3) is 0.375. The zero-order valence-corrected chi connectivity index (χ0v) is 24.6. The second-order valence-corrected chi connectivity index (χ2v) is 13.4. The smallest absolute Gasteiger partial charge is 0.234 e. The van der Waals surface area contributed by atoms with Gasteiger partial charge in [0.2, 0.25) is 23.6 Å². The first-order valence-corrected chi connectivity index (χ1v) is 16.0. The van der Waals surface area contributed by atoms with Crippen LogP contribution < -0.4 is 4.74 Å². The Hall–Kier alpha value is -3.76. The highest BCUT2D eigenvalue weighted by Gasteiger charge is 2.61. The summed E-state index contributed by atoms with van der Waals surface area (Å²) in [6, 6.07) is 12.7. The van der Waals surface area contributed by atoms with Crippen LogP contribution in [0.2, 0.25) is 0 Å². The summed E-state index contributed by atoms with van der Waals surface area (Å²) in [5, 5.41) is 14.3. The van der Waals surface area contributed by atoms with Crippen LogP contribution in [0.1, 0.15) is 41.0 Å². The molecule has 0 radical (unpaired) electrons. The zero-order chi connectivity index (χ0) is 29.1. The van der Waals surface area contributed by atoms with Gasteiger partial charge < -0.3 is 9.84 Å². The van der Waals surface area contributed by atoms with E-state index in [0.717, 1.165) is 20.9 Å². The molecule has 3 aromatic rings. The summed E-state index contributed by atoms with van der Waals surface area (Å²) in [6.07, 6.45) is 2.80. The van der Waals surface area contributed by atoms with Crippen LogP contribution in [0.3, 0.4) is 0 Å². The molecule has 0 unspecified atom stereocenters. The molecule has 8 nitrogen and oxygen atoms in total. The van der Waals surface area contributed by atoms with Crippen molar-refractivity contribution in [1.82, 2.24) is 9.80 Å². The number of nitrogens with zero attached hydrogens (tertiary/aromatic N) is 2. The van der Waals surface area contributed by atoms with Crippen molar-refractivity contribution >= 4 is 46.3 Å². The first-order valence-electron chi connectivity index (χ1n) is 14.3. The third kappa shape index (κ3) is 4.22. The number of imide groups is 2. The Kier molecular flexibility index (Phi) is 6.78. The van der Waals surface area contributed by atoms with Gasteiger partial charge in [-0.25, -0.2) is 0 Å². The van der Waals surface area contributed by atoms with Crippen molar-refractivity contribution in [2.75, 3.05) is 6.61 Å². The number of phenolic OH excluding ortho intramolecular Hbond substituents is 1. The lowest BCUT2D eigenvalue weighted by Gasteiger charge is -2.44. The summed E-state index contributed by atoms with van der Waals surface area (Å²) in [5.41, 5.74) is 1.69. The Balaban J connectivity index is 1.30. The molecular weight excluding hydrogens is 572 g/mol. The number of hydrogen-bond acceptors (Lipinski definition) is 8. The molecular formula is C32H30N2O6S2. The van der Waals surface area contributed by atoms with Gasteiger partial charge in [0.1, 0.15) is 0 Å². The molecule has 10 heteroatoms. The van der Waals surface area contributed by atoms with Gasteiger partial charge in [-0.1, -0.05) is 29.8 Å². The third-order valence-corrected chi connectivity index (χ3v) is 11.0. The van der Waals surface area contributed by atoms with Crippen LogP contribution >= 0.6 is 22.7 Å². The summed E-state index contributed by atoms with van der Waals surface area (Å²) < 4.78 is 5.68. The lowest BCUT2D eigenvalue weighted by molar-refractivity contribution is -0.142. The second kappa shape index (κ2) is 10.5. The molecule has 1 saturated carbocycles. The molecule has 2 saturated heterocycles. The molecule has 2 aliphatic carbocycles. The third-order valence-electron chi connectivity index (χ3n) is 9.26. The molecule has 0 bridgehead atoms. The molecule has 2 aromatic heterocycles. The van der Waals surface area contributed by atoms with Gasteiger partial charge in [0.25, 0.3) is 0 Å². The van der Waals surface area contributed by atoms with Crippen molar-refractivity contribution < 1.29 is 29.0 Å². The number of amides is 4. The number of thiophene rings is 2. The highest BCUT2D eigenvalue weighted by molar-refractivity contribution is 7.10. The Bertz CT molecular complexity index is 1600. The van der Waals surface area contributed by atoms with Gasteiger partial charge in [-0.3, -0.25) is 29.0 Å². The van der Waals surface area contributed by atoms with E-state index < -0.39 is 29.6 Å². The van der Waals surface area contributed by atoms with Crippen LogP contribution in [0.4, 0.5) is 0 Å². The van der Waals surface area contributed by atoms with E-state index in [2.05, 4.69) is 0 Å². The van der Waals surface area contributed by atoms with Crippen LogP contribution in [0, 0.1) is 29.6 Å². The molecule has 6 atom stereocenters. The number of allylic oxidation sites excluding steroid dienone is 2. The number of likely N-dealkylation sites (tertiary alicyclic amines) is 2. The molecule has 1 aromatic carbocycles. The molecule has 4 heterocycles. The lowest BCUT2D eigenvalue weighted by atomic mass is 9.57. The summed E-state index contributed by atoms with van der Waals surface area (Å²) >= 11 is 3.01. The molecule has 216 valence electrons. The highest BCUT2D eigenvalue weighted by atomic mass is 32.1. The largest absolute Gasteiger partial charge is 0.504 e. The standard InChI is InChI=1S/C32H30N2O6S2/c1-2-40-25-13-17(7-10-24(25)35)26-20-8-9-21-27(31(38)33(29(21)36)15-18-5-3-11-41-18)22(20)14-23-28(26)32(39)34(30(23)37)16-19-6-4-12-42-19/h3-8,10-13,21-23,26-28,35H,2,9,14-16H2,1H3/t21-,22+,23+,26-,27-,28+/m0/s1. The Morgan fingerprint density at radius 3 is 2.10 bits per heavy atom. The van der Waals surface area contributed by atoms with Gasteiger partial charge >= 0.3 is 0 Å². The minimum absolute atomic E-state index is 0.00358. The first kappa shape index (κ1) is 27.1. The average Bonchev–Trinajstić information content (AvgIpc) is 3.78. The van der Waals surface area contributed by atoms with Crippen molar-refractivity contribution in [2.45, 2.75) is 38.8 Å². The average molecular weight is 603 g/mol. The van der Waals surface area contributed by atoms with Gasteiger partial charge in [-0.2, -0.15) is 0 Å². The minimum atomic E-state index is -0.634. The number of phenols is 1. The minimum Gasteiger partial charge on any atom is -0.504 e. The summed E-state index contributed by atoms with van der Waals surface area (Å²) in [6.45, 7) is 2.65. The number of hydrogen-bond donors (Lipinski definition) is 1. The lowest BCUT2D eigenvalue weighted by Crippen LogP contribution is -2.43.